The Morgan fingerprint density at radius 3 is 2.48 bits per heavy atom. The third-order valence-electron chi connectivity index (χ3n) is 3.34. The number of rotatable bonds is 4. The predicted molar refractivity (Wildman–Crippen MR) is 75.8 cm³/mol. The van der Waals surface area contributed by atoms with Crippen molar-refractivity contribution in [2.75, 3.05) is 19.6 Å². The number of likely N-dealkylation sites (N-methyl/N-ethyl adjacent to an activating group) is 1. The van der Waals surface area contributed by atoms with Gasteiger partial charge in [-0.2, -0.15) is 0 Å². The largest absolute Gasteiger partial charge is 0.332 e. The first-order valence-corrected chi connectivity index (χ1v) is 6.78. The first kappa shape index (κ1) is 15.2. The molecule has 7 nitrogen and oxygen atoms in total. The van der Waals surface area contributed by atoms with E-state index in [9.17, 15) is 19.7 Å². The van der Waals surface area contributed by atoms with E-state index in [1.54, 1.807) is 6.92 Å². The lowest BCUT2D eigenvalue weighted by molar-refractivity contribution is -0.384. The molecule has 0 bridgehead atoms. The fraction of sp³-hybridized carbons (Fsp3) is 0.385. The molecule has 0 atom stereocenters. The van der Waals surface area contributed by atoms with Gasteiger partial charge in [0.05, 0.1) is 11.5 Å². The predicted octanol–water partition coefficient (Wildman–Crippen LogP) is 1.44. The zero-order valence-electron chi connectivity index (χ0n) is 11.4. The van der Waals surface area contributed by atoms with Crippen LogP contribution >= 0.6 is 11.6 Å². The molecule has 21 heavy (non-hydrogen) atoms. The molecule has 1 aliphatic heterocycles. The minimum atomic E-state index is -0.526. The molecule has 0 unspecified atom stereocenters. The van der Waals surface area contributed by atoms with Crippen LogP contribution in [0.5, 0.6) is 0 Å². The van der Waals surface area contributed by atoms with Gasteiger partial charge in [-0.15, -0.1) is 0 Å². The molecule has 112 valence electrons. The fourth-order valence-electron chi connectivity index (χ4n) is 2.14. The molecule has 1 fully saturated rings. The molecule has 1 aromatic carbocycles. The smallest absolute Gasteiger partial charge is 0.269 e. The van der Waals surface area contributed by atoms with Crippen LogP contribution in [0.1, 0.15) is 12.5 Å². The fourth-order valence-corrected chi connectivity index (χ4v) is 2.31. The Morgan fingerprint density at radius 1 is 1.24 bits per heavy atom. The minimum Gasteiger partial charge on any atom is -0.332 e. The second-order valence-corrected chi connectivity index (χ2v) is 5.10. The van der Waals surface area contributed by atoms with Gasteiger partial charge in [-0.25, -0.2) is 0 Å². The number of nitro benzene ring substituents is 1. The first-order chi connectivity index (χ1) is 9.92. The molecule has 0 saturated carbocycles. The summed E-state index contributed by atoms with van der Waals surface area (Å²) in [7, 11) is 0. The van der Waals surface area contributed by atoms with Gasteiger partial charge in [0.1, 0.15) is 6.54 Å². The summed E-state index contributed by atoms with van der Waals surface area (Å²) in [5.74, 6) is -0.335. The lowest BCUT2D eigenvalue weighted by Gasteiger charge is -2.33. The van der Waals surface area contributed by atoms with E-state index in [1.807, 2.05) is 0 Å². The molecule has 1 heterocycles. The number of nitro groups is 1. The monoisotopic (exact) mass is 311 g/mol. The number of amides is 2. The number of carbonyl (C=O) groups excluding carboxylic acids is 2. The molecule has 0 spiro atoms. The van der Waals surface area contributed by atoms with Crippen LogP contribution in [0.15, 0.2) is 18.2 Å². The van der Waals surface area contributed by atoms with Gasteiger partial charge < -0.3 is 9.80 Å². The molecule has 0 aliphatic carbocycles. The van der Waals surface area contributed by atoms with Crippen LogP contribution in [0.3, 0.4) is 0 Å². The van der Waals surface area contributed by atoms with Crippen molar-refractivity contribution in [3.8, 4) is 0 Å². The zero-order chi connectivity index (χ0) is 15.6. The second kappa shape index (κ2) is 6.09. The normalized spacial score (nSPS) is 15.5. The number of carbonyl (C=O) groups is 2. The van der Waals surface area contributed by atoms with Gasteiger partial charge >= 0.3 is 0 Å². The van der Waals surface area contributed by atoms with Crippen LogP contribution in [-0.4, -0.2) is 46.2 Å². The quantitative estimate of drug-likeness (QED) is 0.622. The molecular weight excluding hydrogens is 298 g/mol. The van der Waals surface area contributed by atoms with E-state index in [-0.39, 0.29) is 37.1 Å². The summed E-state index contributed by atoms with van der Waals surface area (Å²) >= 11 is 6.00. The van der Waals surface area contributed by atoms with Crippen LogP contribution in [0, 0.1) is 10.1 Å². The highest BCUT2D eigenvalue weighted by Crippen LogP contribution is 2.24. The van der Waals surface area contributed by atoms with Crippen LogP contribution in [0.2, 0.25) is 5.02 Å². The van der Waals surface area contributed by atoms with E-state index in [0.717, 1.165) is 0 Å². The minimum absolute atomic E-state index is 0.0296. The molecule has 1 saturated heterocycles. The summed E-state index contributed by atoms with van der Waals surface area (Å²) in [6.45, 7) is 2.37. The third-order valence-corrected chi connectivity index (χ3v) is 3.71. The van der Waals surface area contributed by atoms with Crippen LogP contribution in [0.4, 0.5) is 5.69 Å². The highest BCUT2D eigenvalue weighted by molar-refractivity contribution is 6.31. The van der Waals surface area contributed by atoms with Gasteiger partial charge in [-0.3, -0.25) is 19.7 Å². The van der Waals surface area contributed by atoms with Crippen LogP contribution in [0.25, 0.3) is 0 Å². The molecule has 2 amide bonds. The van der Waals surface area contributed by atoms with E-state index < -0.39 is 4.92 Å². The Bertz CT molecular complexity index is 605. The van der Waals surface area contributed by atoms with Gasteiger partial charge in [-0.1, -0.05) is 11.6 Å². The Kier molecular flexibility index (Phi) is 4.42. The second-order valence-electron chi connectivity index (χ2n) is 4.69. The summed E-state index contributed by atoms with van der Waals surface area (Å²) in [5.41, 5.74) is 0.359. The maximum absolute atomic E-state index is 12.0. The molecule has 8 heteroatoms. The van der Waals surface area contributed by atoms with E-state index >= 15 is 0 Å². The van der Waals surface area contributed by atoms with Gasteiger partial charge in [0.15, 0.2) is 0 Å². The van der Waals surface area contributed by atoms with Gasteiger partial charge in [0.2, 0.25) is 11.8 Å². The average molecular weight is 312 g/mol. The number of piperazine rings is 1. The van der Waals surface area contributed by atoms with Crippen molar-refractivity contribution in [2.45, 2.75) is 13.5 Å². The molecule has 0 N–H and O–H groups in total. The van der Waals surface area contributed by atoms with Crippen molar-refractivity contribution in [3.63, 3.8) is 0 Å². The van der Waals surface area contributed by atoms with Crippen LogP contribution < -0.4 is 0 Å². The molecule has 0 aromatic heterocycles. The molecule has 0 radical (unpaired) electrons. The Morgan fingerprint density at radius 2 is 1.86 bits per heavy atom. The average Bonchev–Trinajstić information content (AvgIpc) is 2.44. The Hall–Kier alpha value is -2.15. The van der Waals surface area contributed by atoms with Crippen molar-refractivity contribution < 1.29 is 14.5 Å². The van der Waals surface area contributed by atoms with Crippen molar-refractivity contribution in [1.82, 2.24) is 9.80 Å². The number of halogens is 1. The summed E-state index contributed by atoms with van der Waals surface area (Å²) in [6.07, 6.45) is 0. The summed E-state index contributed by atoms with van der Waals surface area (Å²) in [4.78, 5) is 36.9. The zero-order valence-corrected chi connectivity index (χ0v) is 12.2. The standard InChI is InChI=1S/C13H14ClN3O4/c1-2-15-7-13(19)16(8-12(15)18)6-9-5-10(17(20)21)3-4-11(9)14/h3-5H,2,6-8H2,1H3. The number of non-ortho nitro benzene ring substituents is 1. The van der Waals surface area contributed by atoms with E-state index in [4.69, 9.17) is 11.6 Å². The van der Waals surface area contributed by atoms with Crippen molar-refractivity contribution in [3.05, 3.63) is 38.9 Å². The molecule has 1 aliphatic rings. The van der Waals surface area contributed by atoms with E-state index in [1.165, 1.54) is 28.0 Å². The van der Waals surface area contributed by atoms with Crippen molar-refractivity contribution >= 4 is 29.1 Å². The molecular formula is C13H14ClN3O4. The maximum atomic E-state index is 12.0. The number of hydrogen-bond donors (Lipinski definition) is 0. The summed E-state index contributed by atoms with van der Waals surface area (Å²) < 4.78 is 0. The maximum Gasteiger partial charge on any atom is 0.269 e. The van der Waals surface area contributed by atoms with Gasteiger partial charge in [0.25, 0.3) is 5.69 Å². The summed E-state index contributed by atoms with van der Waals surface area (Å²) in [6, 6.07) is 4.05. The van der Waals surface area contributed by atoms with E-state index in [0.29, 0.717) is 17.1 Å². The SMILES string of the molecule is CCN1CC(=O)N(Cc2cc([N+](=O)[O-])ccc2Cl)CC1=O. The van der Waals surface area contributed by atoms with Gasteiger partial charge in [-0.05, 0) is 18.6 Å². The highest BCUT2D eigenvalue weighted by atomic mass is 35.5. The molecule has 2 rings (SSSR count). The summed E-state index contributed by atoms with van der Waals surface area (Å²) in [5, 5.41) is 11.1. The number of hydrogen-bond acceptors (Lipinski definition) is 4. The number of nitrogens with zero attached hydrogens (tertiary/aromatic N) is 3. The first-order valence-electron chi connectivity index (χ1n) is 6.40. The third kappa shape index (κ3) is 3.30. The van der Waals surface area contributed by atoms with Crippen molar-refractivity contribution in [1.29, 1.82) is 0 Å². The highest BCUT2D eigenvalue weighted by Gasteiger charge is 2.29. The van der Waals surface area contributed by atoms with Crippen molar-refractivity contribution in [2.24, 2.45) is 0 Å². The lowest BCUT2D eigenvalue weighted by atomic mass is 10.1. The molecule has 1 aromatic rings. The Balaban J connectivity index is 2.18. The lowest BCUT2D eigenvalue weighted by Crippen LogP contribution is -2.53. The Labute approximate surface area is 126 Å². The topological polar surface area (TPSA) is 83.8 Å². The van der Waals surface area contributed by atoms with E-state index in [2.05, 4.69) is 0 Å². The van der Waals surface area contributed by atoms with Gasteiger partial charge in [0, 0.05) is 30.2 Å². The number of benzene rings is 1. The van der Waals surface area contributed by atoms with Crippen LogP contribution in [-0.2, 0) is 16.1 Å².